The fourth-order valence-corrected chi connectivity index (χ4v) is 2.07. The lowest BCUT2D eigenvalue weighted by atomic mass is 10.0. The normalized spacial score (nSPS) is 11.9. The smallest absolute Gasteiger partial charge is 0.133 e. The van der Waals surface area contributed by atoms with E-state index >= 15 is 0 Å². The SMILES string of the molecule is COc1cc(C(C)C#N)c(Cl)cc1Br. The Labute approximate surface area is 96.6 Å². The topological polar surface area (TPSA) is 33.0 Å². The summed E-state index contributed by atoms with van der Waals surface area (Å²) < 4.78 is 5.91. The van der Waals surface area contributed by atoms with Crippen molar-refractivity contribution in [3.63, 3.8) is 0 Å². The standard InChI is InChI=1S/C10H9BrClNO/c1-6(5-13)7-3-10(14-2)8(11)4-9(7)12/h3-4,6H,1-2H3. The molecule has 1 aromatic rings. The van der Waals surface area contributed by atoms with Gasteiger partial charge in [-0.15, -0.1) is 0 Å². The lowest BCUT2D eigenvalue weighted by molar-refractivity contribution is 0.411. The van der Waals surface area contributed by atoms with Gasteiger partial charge in [0.1, 0.15) is 5.75 Å². The highest BCUT2D eigenvalue weighted by Crippen LogP contribution is 2.34. The third-order valence-corrected chi connectivity index (χ3v) is 2.88. The van der Waals surface area contributed by atoms with Crippen molar-refractivity contribution in [1.29, 1.82) is 5.26 Å². The Morgan fingerprint density at radius 3 is 2.71 bits per heavy atom. The summed E-state index contributed by atoms with van der Waals surface area (Å²) in [7, 11) is 1.58. The summed E-state index contributed by atoms with van der Waals surface area (Å²) in [5.41, 5.74) is 0.786. The molecule has 2 nitrogen and oxygen atoms in total. The molecule has 1 atom stereocenters. The van der Waals surface area contributed by atoms with Gasteiger partial charge in [-0.2, -0.15) is 5.26 Å². The van der Waals surface area contributed by atoms with E-state index in [1.807, 2.05) is 0 Å². The van der Waals surface area contributed by atoms with Crippen LogP contribution in [0.15, 0.2) is 16.6 Å². The van der Waals surface area contributed by atoms with Crippen molar-refractivity contribution in [2.45, 2.75) is 12.8 Å². The molecule has 0 N–H and O–H groups in total. The van der Waals surface area contributed by atoms with Crippen LogP contribution in [0.1, 0.15) is 18.4 Å². The monoisotopic (exact) mass is 273 g/mol. The molecule has 0 amide bonds. The zero-order chi connectivity index (χ0) is 10.7. The minimum atomic E-state index is -0.232. The molecule has 0 aromatic heterocycles. The molecule has 1 rings (SSSR count). The Balaban J connectivity index is 3.25. The maximum absolute atomic E-state index is 8.78. The Morgan fingerprint density at radius 2 is 2.21 bits per heavy atom. The van der Waals surface area contributed by atoms with Gasteiger partial charge in [-0.3, -0.25) is 0 Å². The molecule has 0 spiro atoms. The van der Waals surface area contributed by atoms with Crippen molar-refractivity contribution in [1.82, 2.24) is 0 Å². The average molecular weight is 275 g/mol. The highest BCUT2D eigenvalue weighted by atomic mass is 79.9. The molecular formula is C10H9BrClNO. The second-order valence-corrected chi connectivity index (χ2v) is 4.12. The number of methoxy groups -OCH3 is 1. The largest absolute Gasteiger partial charge is 0.496 e. The van der Waals surface area contributed by atoms with E-state index in [0.29, 0.717) is 10.8 Å². The van der Waals surface area contributed by atoms with E-state index in [9.17, 15) is 0 Å². The predicted octanol–water partition coefficient (Wildman–Crippen LogP) is 3.74. The number of ether oxygens (including phenoxy) is 1. The number of nitrogens with zero attached hydrogens (tertiary/aromatic N) is 1. The van der Waals surface area contributed by atoms with Crippen molar-refractivity contribution in [3.8, 4) is 11.8 Å². The van der Waals surface area contributed by atoms with Crippen LogP contribution in [0.4, 0.5) is 0 Å². The number of benzene rings is 1. The highest BCUT2D eigenvalue weighted by molar-refractivity contribution is 9.10. The van der Waals surface area contributed by atoms with Crippen molar-refractivity contribution in [2.24, 2.45) is 0 Å². The first-order valence-corrected chi connectivity index (χ1v) is 5.19. The summed E-state index contributed by atoms with van der Waals surface area (Å²) >= 11 is 9.32. The first-order valence-electron chi connectivity index (χ1n) is 4.02. The third-order valence-electron chi connectivity index (χ3n) is 1.93. The first-order chi connectivity index (χ1) is 6.60. The molecule has 0 heterocycles. The fourth-order valence-electron chi connectivity index (χ4n) is 1.10. The van der Waals surface area contributed by atoms with Gasteiger partial charge in [0.15, 0.2) is 0 Å². The summed E-state index contributed by atoms with van der Waals surface area (Å²) in [6, 6.07) is 5.66. The summed E-state index contributed by atoms with van der Waals surface area (Å²) in [6.45, 7) is 1.80. The molecule has 0 aliphatic carbocycles. The average Bonchev–Trinajstić information content (AvgIpc) is 2.17. The first kappa shape index (κ1) is 11.4. The quantitative estimate of drug-likeness (QED) is 0.823. The molecule has 0 fully saturated rings. The van der Waals surface area contributed by atoms with Gasteiger partial charge in [0, 0.05) is 5.02 Å². The molecule has 0 radical (unpaired) electrons. The number of halogens is 2. The maximum atomic E-state index is 8.78. The molecule has 74 valence electrons. The zero-order valence-electron chi connectivity index (χ0n) is 7.84. The Hall–Kier alpha value is -0.720. The number of nitriles is 1. The van der Waals surface area contributed by atoms with Crippen LogP contribution >= 0.6 is 27.5 Å². The molecule has 0 saturated heterocycles. The van der Waals surface area contributed by atoms with Crippen molar-refractivity contribution < 1.29 is 4.74 Å². The molecule has 14 heavy (non-hydrogen) atoms. The van der Waals surface area contributed by atoms with Crippen LogP contribution in [0.3, 0.4) is 0 Å². The van der Waals surface area contributed by atoms with Crippen molar-refractivity contribution in [3.05, 3.63) is 27.2 Å². The van der Waals surface area contributed by atoms with Crippen LogP contribution in [0.5, 0.6) is 5.75 Å². The molecule has 0 saturated carbocycles. The van der Waals surface area contributed by atoms with E-state index in [0.717, 1.165) is 10.0 Å². The molecule has 1 unspecified atom stereocenters. The van der Waals surface area contributed by atoms with Crippen LogP contribution in [0.25, 0.3) is 0 Å². The van der Waals surface area contributed by atoms with Crippen LogP contribution in [-0.2, 0) is 0 Å². The minimum Gasteiger partial charge on any atom is -0.496 e. The van der Waals surface area contributed by atoms with Gasteiger partial charge >= 0.3 is 0 Å². The minimum absolute atomic E-state index is 0.232. The van der Waals surface area contributed by atoms with E-state index in [2.05, 4.69) is 22.0 Å². The predicted molar refractivity (Wildman–Crippen MR) is 59.7 cm³/mol. The lowest BCUT2D eigenvalue weighted by Crippen LogP contribution is -1.93. The second-order valence-electron chi connectivity index (χ2n) is 2.86. The third kappa shape index (κ3) is 2.20. The molecular weight excluding hydrogens is 265 g/mol. The van der Waals surface area contributed by atoms with E-state index < -0.39 is 0 Å². The summed E-state index contributed by atoms with van der Waals surface area (Å²) in [6.07, 6.45) is 0. The van der Waals surface area contributed by atoms with Gasteiger partial charge in [-0.25, -0.2) is 0 Å². The van der Waals surface area contributed by atoms with Crippen LogP contribution in [0.2, 0.25) is 5.02 Å². The van der Waals surface area contributed by atoms with Gasteiger partial charge in [0.05, 0.1) is 23.6 Å². The Bertz CT molecular complexity index is 386. The van der Waals surface area contributed by atoms with Crippen LogP contribution < -0.4 is 4.74 Å². The fraction of sp³-hybridized carbons (Fsp3) is 0.300. The highest BCUT2D eigenvalue weighted by Gasteiger charge is 2.12. The summed E-state index contributed by atoms with van der Waals surface area (Å²) in [4.78, 5) is 0. The molecule has 0 bridgehead atoms. The van der Waals surface area contributed by atoms with Crippen LogP contribution in [0, 0.1) is 11.3 Å². The van der Waals surface area contributed by atoms with E-state index in [1.165, 1.54) is 0 Å². The van der Waals surface area contributed by atoms with Gasteiger partial charge in [0.2, 0.25) is 0 Å². The Kier molecular flexibility index (Phi) is 3.79. The number of hydrogen-bond donors (Lipinski definition) is 0. The van der Waals surface area contributed by atoms with Crippen molar-refractivity contribution >= 4 is 27.5 Å². The summed E-state index contributed by atoms with van der Waals surface area (Å²) in [5.74, 6) is 0.455. The lowest BCUT2D eigenvalue weighted by Gasteiger charge is -2.10. The molecule has 4 heteroatoms. The van der Waals surface area contributed by atoms with Gasteiger partial charge < -0.3 is 4.74 Å². The van der Waals surface area contributed by atoms with Gasteiger partial charge in [0.25, 0.3) is 0 Å². The zero-order valence-corrected chi connectivity index (χ0v) is 10.2. The second kappa shape index (κ2) is 4.68. The molecule has 0 aliphatic heterocycles. The van der Waals surface area contributed by atoms with Crippen molar-refractivity contribution in [2.75, 3.05) is 7.11 Å². The van der Waals surface area contributed by atoms with E-state index in [4.69, 9.17) is 21.6 Å². The molecule has 1 aromatic carbocycles. The summed E-state index contributed by atoms with van der Waals surface area (Å²) in [5, 5.41) is 9.36. The number of rotatable bonds is 2. The van der Waals surface area contributed by atoms with Gasteiger partial charge in [-0.1, -0.05) is 11.6 Å². The van der Waals surface area contributed by atoms with Gasteiger partial charge in [-0.05, 0) is 40.5 Å². The number of hydrogen-bond acceptors (Lipinski definition) is 2. The maximum Gasteiger partial charge on any atom is 0.133 e. The molecule has 0 aliphatic rings. The Morgan fingerprint density at radius 1 is 1.57 bits per heavy atom. The van der Waals surface area contributed by atoms with E-state index in [-0.39, 0.29) is 5.92 Å². The van der Waals surface area contributed by atoms with E-state index in [1.54, 1.807) is 26.2 Å². The van der Waals surface area contributed by atoms with Crippen LogP contribution in [-0.4, -0.2) is 7.11 Å².